The Kier molecular flexibility index (Phi) is 7.41. The van der Waals surface area contributed by atoms with E-state index in [0.717, 1.165) is 34.6 Å². The Bertz CT molecular complexity index is 2150. The van der Waals surface area contributed by atoms with Gasteiger partial charge in [0.25, 0.3) is 0 Å². The minimum Gasteiger partial charge on any atom is -0.456 e. The zero-order valence-electron chi connectivity index (χ0n) is 24.2. The quantitative estimate of drug-likeness (QED) is 0.233. The van der Waals surface area contributed by atoms with Gasteiger partial charge in [-0.3, -0.25) is 0 Å². The van der Waals surface area contributed by atoms with E-state index in [1.54, 1.807) is 28.6 Å². The van der Waals surface area contributed by atoms with Crippen LogP contribution in [0.2, 0.25) is 0 Å². The third-order valence-electron chi connectivity index (χ3n) is 8.38. The summed E-state index contributed by atoms with van der Waals surface area (Å²) in [7, 11) is -3.58. The summed E-state index contributed by atoms with van der Waals surface area (Å²) in [5, 5.41) is 2.61. The van der Waals surface area contributed by atoms with E-state index in [2.05, 4.69) is 39.4 Å². The van der Waals surface area contributed by atoms with Crippen LogP contribution in [0.3, 0.4) is 0 Å². The van der Waals surface area contributed by atoms with Crippen LogP contribution in [-0.2, 0) is 21.4 Å². The lowest BCUT2D eigenvalue weighted by molar-refractivity contribution is 0.0986. The molecule has 0 N–H and O–H groups in total. The van der Waals surface area contributed by atoms with Crippen molar-refractivity contribution < 1.29 is 22.0 Å². The number of nitrogens with zero attached hydrogens (tertiary/aromatic N) is 3. The van der Waals surface area contributed by atoms with Gasteiger partial charge in [0.2, 0.25) is 10.0 Å². The first-order chi connectivity index (χ1) is 21.4. The average molecular weight is 610 g/mol. The second-order valence-electron chi connectivity index (χ2n) is 11.1. The lowest BCUT2D eigenvalue weighted by atomic mass is 10.00. The van der Waals surface area contributed by atoms with E-state index in [-0.39, 0.29) is 6.04 Å². The maximum Gasteiger partial charge on any atom is 0.439 e. The number of rotatable bonds is 3. The van der Waals surface area contributed by atoms with Crippen molar-refractivity contribution in [3.8, 4) is 0 Å². The molecule has 4 aromatic carbocycles. The van der Waals surface area contributed by atoms with E-state index in [0.29, 0.717) is 42.4 Å². The van der Waals surface area contributed by atoms with Crippen molar-refractivity contribution in [1.29, 1.82) is 0 Å². The molecule has 0 aliphatic carbocycles. The van der Waals surface area contributed by atoms with Crippen molar-refractivity contribution in [2.75, 3.05) is 24.7 Å². The molecule has 2 aliphatic heterocycles. The Hall–Kier alpha value is -4.51. The molecule has 0 unspecified atom stereocenters. The molecular formula is C34H31N3O6S. The number of fused-ring (bicyclic) bond motifs is 5. The number of para-hydroxylation sites is 3. The van der Waals surface area contributed by atoms with E-state index < -0.39 is 15.8 Å². The van der Waals surface area contributed by atoms with Gasteiger partial charge in [-0.15, -0.1) is 0 Å². The number of hydrogen-bond acceptors (Lipinski definition) is 8. The molecule has 1 fully saturated rings. The highest BCUT2D eigenvalue weighted by Gasteiger charge is 2.34. The van der Waals surface area contributed by atoms with Crippen LogP contribution >= 0.6 is 0 Å². The molecule has 1 saturated heterocycles. The predicted molar refractivity (Wildman–Crippen MR) is 169 cm³/mol. The second kappa shape index (κ2) is 11.5. The summed E-state index contributed by atoms with van der Waals surface area (Å²) in [4.78, 5) is 16.9. The van der Waals surface area contributed by atoms with Gasteiger partial charge in [-0.2, -0.15) is 9.29 Å². The third-order valence-corrected chi connectivity index (χ3v) is 10.3. The smallest absolute Gasteiger partial charge is 0.439 e. The summed E-state index contributed by atoms with van der Waals surface area (Å²) in [5.41, 5.74) is 5.84. The van der Waals surface area contributed by atoms with Crippen molar-refractivity contribution in [3.05, 3.63) is 113 Å². The fourth-order valence-corrected chi connectivity index (χ4v) is 7.69. The first-order valence-corrected chi connectivity index (χ1v) is 16.0. The molecule has 0 spiro atoms. The summed E-state index contributed by atoms with van der Waals surface area (Å²) >= 11 is 0. The Balaban J connectivity index is 0.000000239. The van der Waals surface area contributed by atoms with Crippen molar-refractivity contribution in [1.82, 2.24) is 9.29 Å². The number of anilines is 1. The number of hydrogen-bond donors (Lipinski definition) is 0. The van der Waals surface area contributed by atoms with Crippen molar-refractivity contribution in [3.63, 3.8) is 0 Å². The molecule has 224 valence electrons. The summed E-state index contributed by atoms with van der Waals surface area (Å²) in [5.74, 6) is -0.552. The molecule has 2 aromatic heterocycles. The average Bonchev–Trinajstić information content (AvgIpc) is 3.43. The van der Waals surface area contributed by atoms with Gasteiger partial charge < -0.3 is 18.5 Å². The zero-order valence-corrected chi connectivity index (χ0v) is 25.0. The van der Waals surface area contributed by atoms with Gasteiger partial charge in [-0.1, -0.05) is 48.5 Å². The maximum absolute atomic E-state index is 13.5. The van der Waals surface area contributed by atoms with Crippen molar-refractivity contribution in [2.45, 2.75) is 37.3 Å². The number of aromatic nitrogens is 1. The fraction of sp³-hybridized carbons (Fsp3) is 0.235. The van der Waals surface area contributed by atoms with Gasteiger partial charge in [0.15, 0.2) is 0 Å². The molecule has 0 bridgehead atoms. The van der Waals surface area contributed by atoms with E-state index in [1.807, 2.05) is 42.5 Å². The van der Waals surface area contributed by atoms with Crippen LogP contribution in [-0.4, -0.2) is 43.6 Å². The summed E-state index contributed by atoms with van der Waals surface area (Å²) in [6, 6.07) is 26.8. The number of piperidine rings is 1. The van der Waals surface area contributed by atoms with Crippen molar-refractivity contribution in [2.24, 2.45) is 0 Å². The second-order valence-corrected chi connectivity index (χ2v) is 13.0. The summed E-state index contributed by atoms with van der Waals surface area (Å²) < 4.78 is 44.9. The molecule has 10 heteroatoms. The SMILES string of the molecule is Cc1cccc2c1N(C1CCN(S(=O)(=O)c3ccc4oc5ccccc5c4c3)CC1)COC2.O=c1nc2ccccc2co1. The van der Waals surface area contributed by atoms with Crippen LogP contribution in [0.15, 0.2) is 110 Å². The lowest BCUT2D eigenvalue weighted by Gasteiger charge is -2.42. The standard InChI is InChI=1S/C26H26N2O4S.C8H5NO2/c1-18-5-4-6-19-16-31-17-28(26(18)19)20-11-13-27(14-12-20)33(29,30)21-9-10-25-23(15-21)22-7-2-3-8-24(22)32-25;10-8-9-7-4-2-1-3-6(7)5-11-8/h2-10,15,20H,11-14,16-17H2,1H3;1-5H. The third kappa shape index (κ3) is 5.25. The molecule has 6 aromatic rings. The number of furan rings is 1. The molecule has 0 amide bonds. The summed E-state index contributed by atoms with van der Waals surface area (Å²) in [6.07, 6.45) is 2.95. The summed E-state index contributed by atoms with van der Waals surface area (Å²) in [6.45, 7) is 4.31. The number of benzene rings is 4. The zero-order chi connectivity index (χ0) is 30.3. The van der Waals surface area contributed by atoms with Gasteiger partial charge in [-0.05, 0) is 61.7 Å². The monoisotopic (exact) mass is 609 g/mol. The van der Waals surface area contributed by atoms with Crippen LogP contribution < -0.4 is 10.7 Å². The van der Waals surface area contributed by atoms with E-state index >= 15 is 0 Å². The van der Waals surface area contributed by atoms with E-state index in [1.165, 1.54) is 23.1 Å². The molecule has 44 heavy (non-hydrogen) atoms. The topological polar surface area (TPSA) is 106 Å². The molecule has 8 rings (SSSR count). The first-order valence-electron chi connectivity index (χ1n) is 14.6. The largest absolute Gasteiger partial charge is 0.456 e. The van der Waals surface area contributed by atoms with Crippen molar-refractivity contribution >= 4 is 48.6 Å². The van der Waals surface area contributed by atoms with Crippen LogP contribution in [0, 0.1) is 6.92 Å². The molecule has 2 aliphatic rings. The highest BCUT2D eigenvalue weighted by molar-refractivity contribution is 7.89. The Morgan fingerprint density at radius 2 is 1.64 bits per heavy atom. The van der Waals surface area contributed by atoms with Gasteiger partial charge >= 0.3 is 5.76 Å². The lowest BCUT2D eigenvalue weighted by Crippen LogP contribution is -2.48. The van der Waals surface area contributed by atoms with Crippen LogP contribution in [0.1, 0.15) is 24.0 Å². The minimum atomic E-state index is -3.58. The minimum absolute atomic E-state index is 0.261. The number of ether oxygens (including phenoxy) is 1. The molecule has 0 atom stereocenters. The van der Waals surface area contributed by atoms with E-state index in [9.17, 15) is 13.2 Å². The van der Waals surface area contributed by atoms with Gasteiger partial charge in [0.05, 0.1) is 17.0 Å². The Morgan fingerprint density at radius 3 is 2.50 bits per heavy atom. The number of sulfonamides is 1. The number of aryl methyl sites for hydroxylation is 1. The predicted octanol–water partition coefficient (Wildman–Crippen LogP) is 6.23. The molecule has 0 radical (unpaired) electrons. The van der Waals surface area contributed by atoms with Crippen LogP contribution in [0.25, 0.3) is 32.8 Å². The highest BCUT2D eigenvalue weighted by atomic mass is 32.2. The fourth-order valence-electron chi connectivity index (χ4n) is 6.19. The van der Waals surface area contributed by atoms with Crippen LogP contribution in [0.4, 0.5) is 5.69 Å². The van der Waals surface area contributed by atoms with E-state index in [4.69, 9.17) is 9.15 Å². The Labute approximate surface area is 254 Å². The molecule has 0 saturated carbocycles. The Morgan fingerprint density at radius 1 is 0.864 bits per heavy atom. The maximum atomic E-state index is 13.5. The molecule has 4 heterocycles. The molecular weight excluding hydrogens is 578 g/mol. The normalized spacial score (nSPS) is 16.2. The van der Waals surface area contributed by atoms with Crippen LogP contribution in [0.5, 0.6) is 0 Å². The van der Waals surface area contributed by atoms with Gasteiger partial charge in [0.1, 0.15) is 24.2 Å². The van der Waals surface area contributed by atoms with Gasteiger partial charge in [0, 0.05) is 46.5 Å². The van der Waals surface area contributed by atoms with Gasteiger partial charge in [-0.25, -0.2) is 13.2 Å². The first kappa shape index (κ1) is 28.3. The molecule has 9 nitrogen and oxygen atoms in total. The highest BCUT2D eigenvalue weighted by Crippen LogP contribution is 2.35.